The predicted octanol–water partition coefficient (Wildman–Crippen LogP) is 1.67. The van der Waals surface area contributed by atoms with Crippen molar-refractivity contribution >= 4 is 33.6 Å². The van der Waals surface area contributed by atoms with Crippen LogP contribution < -0.4 is 0 Å². The van der Waals surface area contributed by atoms with Gasteiger partial charge in [0.05, 0.1) is 12.1 Å². The lowest BCUT2D eigenvalue weighted by Gasteiger charge is -1.91. The number of carbonyl (C=O) groups excluding carboxylic acids is 1. The Hall–Kier alpha value is -1.60. The van der Waals surface area contributed by atoms with Crippen LogP contribution in [-0.2, 0) is 6.42 Å². The van der Waals surface area contributed by atoms with Crippen molar-refractivity contribution in [1.29, 1.82) is 0 Å². The second-order valence-corrected chi connectivity index (χ2v) is 4.70. The summed E-state index contributed by atoms with van der Waals surface area (Å²) in [5, 5.41) is 7.35. The molecule has 0 aliphatic rings. The third kappa shape index (κ3) is 1.63. The van der Waals surface area contributed by atoms with Gasteiger partial charge in [0.15, 0.2) is 10.7 Å². The molecular weight excluding hydrogens is 244 g/mol. The van der Waals surface area contributed by atoms with Crippen LogP contribution in [0.3, 0.4) is 0 Å². The molecule has 80 valence electrons. The van der Waals surface area contributed by atoms with Gasteiger partial charge >= 0.3 is 0 Å². The van der Waals surface area contributed by atoms with Crippen LogP contribution in [0.1, 0.15) is 16.2 Å². The van der Waals surface area contributed by atoms with Gasteiger partial charge in [-0.25, -0.2) is 4.98 Å². The molecule has 0 saturated heterocycles. The van der Waals surface area contributed by atoms with E-state index in [1.165, 1.54) is 11.5 Å². The summed E-state index contributed by atoms with van der Waals surface area (Å²) in [6.45, 7) is 0. The summed E-state index contributed by atoms with van der Waals surface area (Å²) >= 11 is 2.73. The number of thiazole rings is 1. The number of rotatable bonds is 3. The first-order chi connectivity index (χ1) is 7.83. The fourth-order valence-corrected chi connectivity index (χ4v) is 2.58. The Balaban J connectivity index is 1.85. The molecule has 3 aromatic heterocycles. The van der Waals surface area contributed by atoms with E-state index >= 15 is 0 Å². The quantitative estimate of drug-likeness (QED) is 0.663. The number of imidazole rings is 1. The minimum Gasteiger partial charge on any atom is -0.297 e. The molecule has 0 aromatic carbocycles. The lowest BCUT2D eigenvalue weighted by Crippen LogP contribution is -2.04. The molecule has 0 atom stereocenters. The largest absolute Gasteiger partial charge is 0.297 e. The maximum Gasteiger partial charge on any atom is 0.193 e. The molecule has 0 radical (unpaired) electrons. The van der Waals surface area contributed by atoms with E-state index in [1.54, 1.807) is 16.7 Å². The van der Waals surface area contributed by atoms with Gasteiger partial charge in [-0.1, -0.05) is 4.49 Å². The fraction of sp³-hybridized carbons (Fsp3) is 0.111. The summed E-state index contributed by atoms with van der Waals surface area (Å²) in [4.78, 5) is 17.0. The summed E-state index contributed by atoms with van der Waals surface area (Å²) in [5.74, 6) is -0.0421. The average molecular weight is 250 g/mol. The van der Waals surface area contributed by atoms with Crippen molar-refractivity contribution in [3.8, 4) is 0 Å². The molecule has 3 rings (SSSR count). The highest BCUT2D eigenvalue weighted by atomic mass is 32.1. The first-order valence-corrected chi connectivity index (χ1v) is 6.26. The van der Waals surface area contributed by atoms with Crippen LogP contribution in [0.4, 0.5) is 0 Å². The van der Waals surface area contributed by atoms with Crippen LogP contribution in [0.5, 0.6) is 0 Å². The van der Waals surface area contributed by atoms with E-state index in [2.05, 4.69) is 14.6 Å². The van der Waals surface area contributed by atoms with Gasteiger partial charge in [0.2, 0.25) is 0 Å². The van der Waals surface area contributed by atoms with Crippen LogP contribution in [0, 0.1) is 0 Å². The smallest absolute Gasteiger partial charge is 0.193 e. The second-order valence-electron chi connectivity index (χ2n) is 3.22. The average Bonchev–Trinajstić information content (AvgIpc) is 2.91. The van der Waals surface area contributed by atoms with Gasteiger partial charge in [-0.15, -0.1) is 16.4 Å². The molecule has 0 fully saturated rings. The van der Waals surface area contributed by atoms with Crippen LogP contribution in [-0.4, -0.2) is 24.8 Å². The Morgan fingerprint density at radius 2 is 2.44 bits per heavy atom. The molecule has 0 spiro atoms. The van der Waals surface area contributed by atoms with Gasteiger partial charge in [-0.3, -0.25) is 9.20 Å². The zero-order chi connectivity index (χ0) is 11.0. The van der Waals surface area contributed by atoms with Gasteiger partial charge < -0.3 is 0 Å². The van der Waals surface area contributed by atoms with E-state index in [1.807, 2.05) is 22.2 Å². The molecule has 0 bridgehead atoms. The fourth-order valence-electron chi connectivity index (χ4n) is 1.40. The molecule has 0 aliphatic carbocycles. The highest BCUT2D eigenvalue weighted by Gasteiger charge is 2.12. The highest BCUT2D eigenvalue weighted by Crippen LogP contribution is 2.13. The van der Waals surface area contributed by atoms with E-state index < -0.39 is 0 Å². The first-order valence-electron chi connectivity index (χ1n) is 4.54. The van der Waals surface area contributed by atoms with Gasteiger partial charge in [-0.2, -0.15) is 0 Å². The van der Waals surface area contributed by atoms with Crippen molar-refractivity contribution in [2.45, 2.75) is 6.42 Å². The Morgan fingerprint density at radius 3 is 3.19 bits per heavy atom. The minimum atomic E-state index is -0.0421. The van der Waals surface area contributed by atoms with E-state index in [4.69, 9.17) is 0 Å². The maximum absolute atomic E-state index is 11.7. The number of nitrogens with zero attached hydrogens (tertiary/aromatic N) is 4. The zero-order valence-electron chi connectivity index (χ0n) is 8.03. The van der Waals surface area contributed by atoms with Gasteiger partial charge in [-0.05, 0) is 11.5 Å². The predicted molar refractivity (Wildman–Crippen MR) is 61.0 cm³/mol. The van der Waals surface area contributed by atoms with Gasteiger partial charge in [0.1, 0.15) is 5.69 Å². The maximum atomic E-state index is 11.7. The van der Waals surface area contributed by atoms with Crippen LogP contribution in [0.25, 0.3) is 4.96 Å². The van der Waals surface area contributed by atoms with Crippen molar-refractivity contribution in [1.82, 2.24) is 19.0 Å². The van der Waals surface area contributed by atoms with Crippen molar-refractivity contribution in [3.63, 3.8) is 0 Å². The molecule has 5 nitrogen and oxygen atoms in total. The highest BCUT2D eigenvalue weighted by molar-refractivity contribution is 7.15. The van der Waals surface area contributed by atoms with Gasteiger partial charge in [0, 0.05) is 23.2 Å². The minimum absolute atomic E-state index is 0.0421. The number of hydrogen-bond donors (Lipinski definition) is 0. The Kier molecular flexibility index (Phi) is 2.26. The molecule has 0 unspecified atom stereocenters. The second kappa shape index (κ2) is 3.76. The summed E-state index contributed by atoms with van der Waals surface area (Å²) in [5.41, 5.74) is 1.19. The van der Waals surface area contributed by atoms with Crippen molar-refractivity contribution in [2.24, 2.45) is 0 Å². The lowest BCUT2D eigenvalue weighted by molar-refractivity contribution is 0.0987. The summed E-state index contributed by atoms with van der Waals surface area (Å²) in [7, 11) is 0. The third-order valence-electron chi connectivity index (χ3n) is 2.13. The monoisotopic (exact) mass is 250 g/mol. The summed E-state index contributed by atoms with van der Waals surface area (Å²) < 4.78 is 5.57. The van der Waals surface area contributed by atoms with Crippen LogP contribution >= 0.6 is 22.9 Å². The molecule has 0 N–H and O–H groups in total. The molecular formula is C9H6N4OS2. The third-order valence-corrected chi connectivity index (χ3v) is 3.41. The van der Waals surface area contributed by atoms with Crippen LogP contribution in [0.15, 0.2) is 23.2 Å². The molecule has 0 amide bonds. The number of Topliss-reactive ketones (excluding diaryl/α,β-unsaturated/α-hetero) is 1. The van der Waals surface area contributed by atoms with Gasteiger partial charge in [0.25, 0.3) is 0 Å². The van der Waals surface area contributed by atoms with Crippen molar-refractivity contribution in [2.75, 3.05) is 0 Å². The Morgan fingerprint density at radius 1 is 1.50 bits per heavy atom. The van der Waals surface area contributed by atoms with E-state index in [0.29, 0.717) is 5.69 Å². The molecule has 0 aliphatic heterocycles. The molecule has 3 heterocycles. The number of hydrogen-bond acceptors (Lipinski definition) is 6. The van der Waals surface area contributed by atoms with Crippen molar-refractivity contribution < 1.29 is 4.79 Å². The van der Waals surface area contributed by atoms with E-state index in [9.17, 15) is 4.79 Å². The summed E-state index contributed by atoms with van der Waals surface area (Å²) in [6, 6.07) is 0. The van der Waals surface area contributed by atoms with E-state index in [-0.39, 0.29) is 12.2 Å². The number of carbonyl (C=O) groups is 1. The van der Waals surface area contributed by atoms with Crippen LogP contribution in [0.2, 0.25) is 0 Å². The van der Waals surface area contributed by atoms with Crippen molar-refractivity contribution in [3.05, 3.63) is 34.5 Å². The molecule has 0 saturated carbocycles. The standard InChI is InChI=1S/C9H6N4OS2/c14-8(7-5-16-12-11-7)3-6-4-13-1-2-15-9(13)10-6/h1-2,4-5H,3H2. The normalized spacial score (nSPS) is 11.0. The molecule has 7 heteroatoms. The topological polar surface area (TPSA) is 60.2 Å². The first kappa shape index (κ1) is 9.61. The SMILES string of the molecule is O=C(Cc1cn2ccsc2n1)c1csnn1. The zero-order valence-corrected chi connectivity index (χ0v) is 9.66. The molecule has 16 heavy (non-hydrogen) atoms. The number of aromatic nitrogens is 4. The van der Waals surface area contributed by atoms with E-state index in [0.717, 1.165) is 10.7 Å². The lowest BCUT2D eigenvalue weighted by atomic mass is 10.2. The number of fused-ring (bicyclic) bond motifs is 1. The Bertz CT molecular complexity index is 596. The molecule has 3 aromatic rings. The number of ketones is 1. The summed E-state index contributed by atoms with van der Waals surface area (Å²) in [6.07, 6.45) is 4.06. The Labute approximate surface area is 98.5 Å².